The van der Waals surface area contributed by atoms with Gasteiger partial charge in [-0.05, 0) is 37.9 Å². The van der Waals surface area contributed by atoms with E-state index in [1.165, 1.54) is 0 Å². The van der Waals surface area contributed by atoms with E-state index in [1.807, 2.05) is 19.1 Å². The molecule has 0 amide bonds. The van der Waals surface area contributed by atoms with Crippen LogP contribution in [0.15, 0.2) is 18.2 Å². The number of nitrogens with one attached hydrogen (secondary N) is 1. The molecule has 0 aromatic heterocycles. The first-order valence-electron chi connectivity index (χ1n) is 5.68. The number of aryl methyl sites for hydroxylation is 1. The third kappa shape index (κ3) is 3.31. The summed E-state index contributed by atoms with van der Waals surface area (Å²) >= 11 is 0. The average Bonchev–Trinajstić information content (AvgIpc) is 2.21. The molecule has 1 rings (SSSR count). The topological polar surface area (TPSA) is 12.0 Å². The van der Waals surface area contributed by atoms with Gasteiger partial charge in [0, 0.05) is 11.6 Å². The van der Waals surface area contributed by atoms with Crippen molar-refractivity contribution in [1.29, 1.82) is 0 Å². The first kappa shape index (κ1) is 12.2. The molecular weight excluding hydrogens is 189 g/mol. The summed E-state index contributed by atoms with van der Waals surface area (Å²) in [7, 11) is 0. The summed E-state index contributed by atoms with van der Waals surface area (Å²) in [5.74, 6) is -0.0922. The van der Waals surface area contributed by atoms with Gasteiger partial charge in [-0.2, -0.15) is 0 Å². The number of rotatable bonds is 5. The summed E-state index contributed by atoms with van der Waals surface area (Å²) < 4.78 is 13.7. The Labute approximate surface area is 91.7 Å². The normalized spacial score (nSPS) is 12.8. The van der Waals surface area contributed by atoms with Gasteiger partial charge in [0.15, 0.2) is 0 Å². The van der Waals surface area contributed by atoms with Crippen molar-refractivity contribution in [1.82, 2.24) is 5.32 Å². The Hall–Kier alpha value is -0.890. The minimum atomic E-state index is -0.0922. The zero-order valence-electron chi connectivity index (χ0n) is 9.81. The molecule has 1 N–H and O–H groups in total. The van der Waals surface area contributed by atoms with Crippen LogP contribution >= 0.6 is 0 Å². The highest BCUT2D eigenvalue weighted by Gasteiger charge is 2.12. The molecule has 0 aliphatic rings. The fraction of sp³-hybridized carbons (Fsp3) is 0.538. The molecule has 0 saturated heterocycles. The number of hydrogen-bond donors (Lipinski definition) is 1. The third-order valence-corrected chi connectivity index (χ3v) is 2.58. The fourth-order valence-corrected chi connectivity index (χ4v) is 1.71. The summed E-state index contributed by atoms with van der Waals surface area (Å²) in [6.07, 6.45) is 1.99. The van der Waals surface area contributed by atoms with Crippen molar-refractivity contribution >= 4 is 0 Å². The highest BCUT2D eigenvalue weighted by Crippen LogP contribution is 2.20. The molecule has 1 aromatic carbocycles. The van der Waals surface area contributed by atoms with Crippen LogP contribution in [0.1, 0.15) is 43.9 Å². The van der Waals surface area contributed by atoms with Gasteiger partial charge in [0.1, 0.15) is 5.82 Å². The van der Waals surface area contributed by atoms with Crippen LogP contribution in [-0.4, -0.2) is 6.54 Å². The van der Waals surface area contributed by atoms with E-state index in [0.29, 0.717) is 0 Å². The lowest BCUT2D eigenvalue weighted by molar-refractivity contribution is 0.488. The van der Waals surface area contributed by atoms with Gasteiger partial charge < -0.3 is 5.32 Å². The van der Waals surface area contributed by atoms with Gasteiger partial charge >= 0.3 is 0 Å². The predicted molar refractivity (Wildman–Crippen MR) is 62.5 cm³/mol. The molecule has 15 heavy (non-hydrogen) atoms. The molecule has 0 radical (unpaired) electrons. The highest BCUT2D eigenvalue weighted by molar-refractivity contribution is 5.26. The zero-order valence-corrected chi connectivity index (χ0v) is 9.81. The van der Waals surface area contributed by atoms with Crippen molar-refractivity contribution in [3.05, 3.63) is 35.1 Å². The smallest absolute Gasteiger partial charge is 0.128 e. The van der Waals surface area contributed by atoms with E-state index in [9.17, 15) is 4.39 Å². The van der Waals surface area contributed by atoms with Crippen LogP contribution in [0.3, 0.4) is 0 Å². The van der Waals surface area contributed by atoms with Gasteiger partial charge in [0.2, 0.25) is 0 Å². The lowest BCUT2D eigenvalue weighted by atomic mass is 10.0. The molecular formula is C13H20FN. The van der Waals surface area contributed by atoms with Crippen molar-refractivity contribution in [3.8, 4) is 0 Å². The van der Waals surface area contributed by atoms with Crippen LogP contribution in [0.25, 0.3) is 0 Å². The van der Waals surface area contributed by atoms with Crippen molar-refractivity contribution in [3.63, 3.8) is 0 Å². The second-order valence-corrected chi connectivity index (χ2v) is 3.94. The second-order valence-electron chi connectivity index (χ2n) is 3.94. The van der Waals surface area contributed by atoms with Gasteiger partial charge in [-0.1, -0.05) is 26.0 Å². The van der Waals surface area contributed by atoms with E-state index < -0.39 is 0 Å². The Morgan fingerprint density at radius 2 is 2.07 bits per heavy atom. The Morgan fingerprint density at radius 1 is 1.33 bits per heavy atom. The van der Waals surface area contributed by atoms with Gasteiger partial charge in [0.05, 0.1) is 0 Å². The second kappa shape index (κ2) is 5.86. The molecule has 1 aromatic rings. The van der Waals surface area contributed by atoms with E-state index in [1.54, 1.807) is 6.07 Å². The van der Waals surface area contributed by atoms with Crippen molar-refractivity contribution in [2.75, 3.05) is 6.54 Å². The lowest BCUT2D eigenvalue weighted by Crippen LogP contribution is -2.22. The summed E-state index contributed by atoms with van der Waals surface area (Å²) in [5, 5.41) is 3.36. The molecule has 1 unspecified atom stereocenters. The minimum absolute atomic E-state index is 0.0922. The van der Waals surface area contributed by atoms with Crippen LogP contribution in [0.2, 0.25) is 0 Å². The quantitative estimate of drug-likeness (QED) is 0.781. The number of hydrogen-bond acceptors (Lipinski definition) is 1. The highest BCUT2D eigenvalue weighted by atomic mass is 19.1. The molecule has 1 nitrogen and oxygen atoms in total. The maximum absolute atomic E-state index is 13.7. The molecule has 0 saturated carbocycles. The van der Waals surface area contributed by atoms with Gasteiger partial charge in [-0.25, -0.2) is 4.39 Å². The average molecular weight is 209 g/mol. The molecule has 0 spiro atoms. The fourth-order valence-electron chi connectivity index (χ4n) is 1.71. The Kier molecular flexibility index (Phi) is 4.76. The van der Waals surface area contributed by atoms with Crippen molar-refractivity contribution in [2.45, 2.75) is 39.7 Å². The molecule has 0 bridgehead atoms. The van der Waals surface area contributed by atoms with Crippen LogP contribution in [0.4, 0.5) is 4.39 Å². The van der Waals surface area contributed by atoms with E-state index in [0.717, 1.165) is 30.5 Å². The lowest BCUT2D eigenvalue weighted by Gasteiger charge is -2.17. The maximum Gasteiger partial charge on any atom is 0.128 e. The third-order valence-electron chi connectivity index (χ3n) is 2.58. The molecule has 2 heteroatoms. The standard InChI is InChI=1S/C13H20FN/c1-4-8-15-13(5-2)11-7-6-10(3)9-12(11)14/h6-7,9,13,15H,4-5,8H2,1-3H3. The largest absolute Gasteiger partial charge is 0.310 e. The first-order valence-corrected chi connectivity index (χ1v) is 5.68. The molecule has 84 valence electrons. The van der Waals surface area contributed by atoms with Crippen LogP contribution < -0.4 is 5.32 Å². The Balaban J connectivity index is 2.81. The summed E-state index contributed by atoms with van der Waals surface area (Å²) in [6.45, 7) is 7.04. The molecule has 1 atom stereocenters. The maximum atomic E-state index is 13.7. The van der Waals surface area contributed by atoms with Crippen LogP contribution in [0, 0.1) is 12.7 Å². The van der Waals surface area contributed by atoms with Gasteiger partial charge in [0.25, 0.3) is 0 Å². The van der Waals surface area contributed by atoms with E-state index in [-0.39, 0.29) is 11.9 Å². The molecule has 0 fully saturated rings. The Bertz CT molecular complexity index is 309. The van der Waals surface area contributed by atoms with Crippen LogP contribution in [-0.2, 0) is 0 Å². The summed E-state index contributed by atoms with van der Waals surface area (Å²) in [5.41, 5.74) is 1.76. The molecule has 0 aliphatic heterocycles. The van der Waals surface area contributed by atoms with Gasteiger partial charge in [-0.3, -0.25) is 0 Å². The Morgan fingerprint density at radius 3 is 2.60 bits per heavy atom. The van der Waals surface area contributed by atoms with Gasteiger partial charge in [-0.15, -0.1) is 0 Å². The molecule has 0 aliphatic carbocycles. The number of halogens is 1. The van der Waals surface area contributed by atoms with E-state index in [4.69, 9.17) is 0 Å². The van der Waals surface area contributed by atoms with Crippen molar-refractivity contribution in [2.24, 2.45) is 0 Å². The first-order chi connectivity index (χ1) is 7.19. The number of benzene rings is 1. The SMILES string of the molecule is CCCNC(CC)c1ccc(C)cc1F. The summed E-state index contributed by atoms with van der Waals surface area (Å²) in [4.78, 5) is 0. The van der Waals surface area contributed by atoms with E-state index >= 15 is 0 Å². The summed E-state index contributed by atoms with van der Waals surface area (Å²) in [6, 6.07) is 5.60. The predicted octanol–water partition coefficient (Wildman–Crippen LogP) is 3.58. The monoisotopic (exact) mass is 209 g/mol. The minimum Gasteiger partial charge on any atom is -0.310 e. The van der Waals surface area contributed by atoms with Crippen LogP contribution in [0.5, 0.6) is 0 Å². The molecule has 0 heterocycles. The zero-order chi connectivity index (χ0) is 11.3. The van der Waals surface area contributed by atoms with Crippen molar-refractivity contribution < 1.29 is 4.39 Å². The van der Waals surface area contributed by atoms with E-state index in [2.05, 4.69) is 19.2 Å².